The fraction of sp³-hybridized carbons (Fsp3) is 0.556. The maximum absolute atomic E-state index is 12.9. The standard InChI is InChI=1S/C18H28N4O2.ClH/c1-12(2)20-18(24)21-16-9-5-4-8-15(16)17(23)22-10-6-7-14(11-22)13(3)19;/h4-5,8-9,12-14H,6-7,10-11,19H2,1-3H3,(H2,20,21,24);1H. The van der Waals surface area contributed by atoms with Crippen LogP contribution in [0.5, 0.6) is 0 Å². The van der Waals surface area contributed by atoms with Gasteiger partial charge in [0.05, 0.1) is 11.3 Å². The van der Waals surface area contributed by atoms with Crippen LogP contribution in [0.15, 0.2) is 24.3 Å². The molecule has 2 unspecified atom stereocenters. The molecular weight excluding hydrogens is 340 g/mol. The molecule has 140 valence electrons. The summed E-state index contributed by atoms with van der Waals surface area (Å²) in [4.78, 5) is 26.7. The van der Waals surface area contributed by atoms with Crippen molar-refractivity contribution in [3.63, 3.8) is 0 Å². The van der Waals surface area contributed by atoms with Crippen molar-refractivity contribution in [2.75, 3.05) is 18.4 Å². The minimum atomic E-state index is -0.308. The van der Waals surface area contributed by atoms with Crippen molar-refractivity contribution in [2.24, 2.45) is 11.7 Å². The van der Waals surface area contributed by atoms with E-state index >= 15 is 0 Å². The number of nitrogens with two attached hydrogens (primary N) is 1. The molecule has 0 aliphatic carbocycles. The van der Waals surface area contributed by atoms with Gasteiger partial charge in [0.25, 0.3) is 5.91 Å². The van der Waals surface area contributed by atoms with Crippen LogP contribution >= 0.6 is 12.4 Å². The Morgan fingerprint density at radius 3 is 2.56 bits per heavy atom. The van der Waals surface area contributed by atoms with E-state index in [1.54, 1.807) is 12.1 Å². The summed E-state index contributed by atoms with van der Waals surface area (Å²) in [5, 5.41) is 5.54. The van der Waals surface area contributed by atoms with Crippen LogP contribution in [0.25, 0.3) is 0 Å². The number of piperidine rings is 1. The van der Waals surface area contributed by atoms with Gasteiger partial charge in [-0.3, -0.25) is 4.79 Å². The number of carbonyl (C=O) groups excluding carboxylic acids is 2. The van der Waals surface area contributed by atoms with Gasteiger partial charge < -0.3 is 21.3 Å². The Morgan fingerprint density at radius 1 is 1.24 bits per heavy atom. The van der Waals surface area contributed by atoms with Gasteiger partial charge in [-0.15, -0.1) is 12.4 Å². The third-order valence-corrected chi connectivity index (χ3v) is 4.31. The quantitative estimate of drug-likeness (QED) is 0.763. The Kier molecular flexibility index (Phi) is 8.19. The zero-order valence-corrected chi connectivity index (χ0v) is 15.9. The molecule has 0 bridgehead atoms. The maximum atomic E-state index is 12.9. The number of benzene rings is 1. The number of hydrogen-bond donors (Lipinski definition) is 3. The number of anilines is 1. The zero-order valence-electron chi connectivity index (χ0n) is 15.1. The number of para-hydroxylation sites is 1. The Balaban J connectivity index is 0.00000312. The fourth-order valence-electron chi connectivity index (χ4n) is 2.99. The summed E-state index contributed by atoms with van der Waals surface area (Å²) in [5.41, 5.74) is 7.05. The molecule has 0 radical (unpaired) electrons. The van der Waals surface area contributed by atoms with E-state index in [0.717, 1.165) is 19.4 Å². The van der Waals surface area contributed by atoms with Crippen LogP contribution in [0.3, 0.4) is 0 Å². The molecule has 1 aliphatic rings. The van der Waals surface area contributed by atoms with Crippen LogP contribution in [0.1, 0.15) is 44.0 Å². The average Bonchev–Trinajstić information content (AvgIpc) is 2.54. The third kappa shape index (κ3) is 5.90. The summed E-state index contributed by atoms with van der Waals surface area (Å²) in [6.45, 7) is 7.17. The molecule has 0 aromatic heterocycles. The van der Waals surface area contributed by atoms with Gasteiger partial charge in [0.15, 0.2) is 0 Å². The molecule has 1 aromatic carbocycles. The predicted molar refractivity (Wildman–Crippen MR) is 103 cm³/mol. The van der Waals surface area contributed by atoms with Gasteiger partial charge in [0, 0.05) is 25.2 Å². The van der Waals surface area contributed by atoms with Crippen molar-refractivity contribution in [3.05, 3.63) is 29.8 Å². The van der Waals surface area contributed by atoms with Crippen molar-refractivity contribution in [1.29, 1.82) is 0 Å². The number of carbonyl (C=O) groups is 2. The normalized spacial score (nSPS) is 18.3. The first-order chi connectivity index (χ1) is 11.4. The second-order valence-corrected chi connectivity index (χ2v) is 6.81. The van der Waals surface area contributed by atoms with E-state index in [-0.39, 0.29) is 36.4 Å². The topological polar surface area (TPSA) is 87.5 Å². The van der Waals surface area contributed by atoms with Crippen LogP contribution in [0.2, 0.25) is 0 Å². The number of nitrogens with zero attached hydrogens (tertiary/aromatic N) is 1. The third-order valence-electron chi connectivity index (χ3n) is 4.31. The first-order valence-electron chi connectivity index (χ1n) is 8.60. The van der Waals surface area contributed by atoms with E-state index in [9.17, 15) is 9.59 Å². The molecular formula is C18H29ClN4O2. The highest BCUT2D eigenvalue weighted by atomic mass is 35.5. The summed E-state index contributed by atoms with van der Waals surface area (Å²) < 4.78 is 0. The number of amides is 3. The molecule has 2 atom stereocenters. The van der Waals surface area contributed by atoms with Gasteiger partial charge in [0.1, 0.15) is 0 Å². The van der Waals surface area contributed by atoms with E-state index in [1.807, 2.05) is 37.8 Å². The van der Waals surface area contributed by atoms with Crippen molar-refractivity contribution in [3.8, 4) is 0 Å². The zero-order chi connectivity index (χ0) is 17.7. The molecule has 1 aromatic rings. The molecule has 4 N–H and O–H groups in total. The number of nitrogens with one attached hydrogen (secondary N) is 2. The maximum Gasteiger partial charge on any atom is 0.319 e. The number of halogens is 1. The molecule has 0 spiro atoms. The Hall–Kier alpha value is -1.79. The predicted octanol–water partition coefficient (Wildman–Crippen LogP) is 2.84. The minimum Gasteiger partial charge on any atom is -0.338 e. The lowest BCUT2D eigenvalue weighted by Crippen LogP contribution is -2.45. The SMILES string of the molecule is CC(C)NC(=O)Nc1ccccc1C(=O)N1CCCC(C(C)N)C1.Cl. The summed E-state index contributed by atoms with van der Waals surface area (Å²) in [6.07, 6.45) is 2.01. The van der Waals surface area contributed by atoms with Gasteiger partial charge in [-0.1, -0.05) is 12.1 Å². The molecule has 2 rings (SSSR count). The molecule has 6 nitrogen and oxygen atoms in total. The number of urea groups is 1. The van der Waals surface area contributed by atoms with E-state index in [1.165, 1.54) is 0 Å². The van der Waals surface area contributed by atoms with Crippen LogP contribution in [-0.4, -0.2) is 42.0 Å². The molecule has 7 heteroatoms. The highest BCUT2D eigenvalue weighted by Crippen LogP contribution is 2.23. The summed E-state index contributed by atoms with van der Waals surface area (Å²) >= 11 is 0. The van der Waals surface area contributed by atoms with Gasteiger partial charge in [-0.05, 0) is 51.7 Å². The highest BCUT2D eigenvalue weighted by Gasteiger charge is 2.27. The largest absolute Gasteiger partial charge is 0.338 e. The second-order valence-electron chi connectivity index (χ2n) is 6.81. The smallest absolute Gasteiger partial charge is 0.319 e. The summed E-state index contributed by atoms with van der Waals surface area (Å²) in [7, 11) is 0. The second kappa shape index (κ2) is 9.63. The van der Waals surface area contributed by atoms with Crippen molar-refractivity contribution >= 4 is 30.0 Å². The van der Waals surface area contributed by atoms with E-state index in [2.05, 4.69) is 10.6 Å². The highest BCUT2D eigenvalue weighted by molar-refractivity contribution is 6.03. The van der Waals surface area contributed by atoms with Gasteiger partial charge in [-0.25, -0.2) is 4.79 Å². The lowest BCUT2D eigenvalue weighted by molar-refractivity contribution is 0.0662. The molecule has 1 saturated heterocycles. The van der Waals surface area contributed by atoms with Crippen molar-refractivity contribution in [2.45, 2.75) is 45.7 Å². The molecule has 3 amide bonds. The minimum absolute atomic E-state index is 0. The van der Waals surface area contributed by atoms with Crippen molar-refractivity contribution in [1.82, 2.24) is 10.2 Å². The van der Waals surface area contributed by atoms with Gasteiger partial charge >= 0.3 is 6.03 Å². The summed E-state index contributed by atoms with van der Waals surface area (Å²) in [6, 6.07) is 6.92. The van der Waals surface area contributed by atoms with Crippen LogP contribution in [-0.2, 0) is 0 Å². The monoisotopic (exact) mass is 368 g/mol. The Labute approximate surface area is 155 Å². The van der Waals surface area contributed by atoms with Gasteiger partial charge in [-0.2, -0.15) is 0 Å². The Morgan fingerprint density at radius 2 is 1.92 bits per heavy atom. The number of rotatable bonds is 4. The number of hydrogen-bond acceptors (Lipinski definition) is 3. The van der Waals surface area contributed by atoms with Crippen molar-refractivity contribution < 1.29 is 9.59 Å². The molecule has 25 heavy (non-hydrogen) atoms. The van der Waals surface area contributed by atoms with Crippen LogP contribution in [0.4, 0.5) is 10.5 Å². The summed E-state index contributed by atoms with van der Waals surface area (Å²) in [5.74, 6) is 0.271. The van der Waals surface area contributed by atoms with E-state index < -0.39 is 0 Å². The fourth-order valence-corrected chi connectivity index (χ4v) is 2.99. The molecule has 1 heterocycles. The Bertz CT molecular complexity index is 592. The lowest BCUT2D eigenvalue weighted by atomic mass is 9.92. The van der Waals surface area contributed by atoms with Crippen LogP contribution < -0.4 is 16.4 Å². The van der Waals surface area contributed by atoms with E-state index in [4.69, 9.17) is 5.73 Å². The average molecular weight is 369 g/mol. The van der Waals surface area contributed by atoms with Gasteiger partial charge in [0.2, 0.25) is 0 Å². The number of likely N-dealkylation sites (tertiary alicyclic amines) is 1. The van der Waals surface area contributed by atoms with E-state index in [0.29, 0.717) is 23.7 Å². The molecule has 0 saturated carbocycles. The first-order valence-corrected chi connectivity index (χ1v) is 8.60. The molecule has 1 fully saturated rings. The molecule has 1 aliphatic heterocycles. The lowest BCUT2D eigenvalue weighted by Gasteiger charge is -2.35. The first kappa shape index (κ1) is 21.3. The van der Waals surface area contributed by atoms with Crippen LogP contribution in [0, 0.1) is 5.92 Å².